The third kappa shape index (κ3) is 3.39. The molecule has 0 aliphatic carbocycles. The van der Waals surface area contributed by atoms with Crippen molar-refractivity contribution in [3.05, 3.63) is 57.6 Å². The summed E-state index contributed by atoms with van der Waals surface area (Å²) in [5.74, 6) is 1.60. The fourth-order valence-electron chi connectivity index (χ4n) is 2.35. The van der Waals surface area contributed by atoms with Gasteiger partial charge in [0.2, 0.25) is 0 Å². The predicted molar refractivity (Wildman–Crippen MR) is 89.3 cm³/mol. The van der Waals surface area contributed by atoms with E-state index in [0.29, 0.717) is 0 Å². The maximum atomic E-state index is 5.51. The van der Waals surface area contributed by atoms with Gasteiger partial charge in [-0.15, -0.1) is 0 Å². The van der Waals surface area contributed by atoms with Crippen LogP contribution in [0.1, 0.15) is 22.7 Å². The van der Waals surface area contributed by atoms with E-state index in [0.717, 1.165) is 21.5 Å². The molecule has 0 aliphatic rings. The highest BCUT2D eigenvalue weighted by molar-refractivity contribution is 9.10. The predicted octanol–water partition coefficient (Wildman–Crippen LogP) is 4.08. The van der Waals surface area contributed by atoms with Crippen LogP contribution in [0.5, 0.6) is 11.5 Å². The normalized spacial score (nSPS) is 12.0. The van der Waals surface area contributed by atoms with E-state index < -0.39 is 0 Å². The van der Waals surface area contributed by atoms with E-state index >= 15 is 0 Å². The number of halogens is 1. The number of aryl methyl sites for hydroxylation is 1. The van der Waals surface area contributed by atoms with Gasteiger partial charge in [-0.25, -0.2) is 0 Å². The quantitative estimate of drug-likeness (QED) is 0.881. The molecule has 0 bridgehead atoms. The molecular weight excluding hydrogens is 330 g/mol. The molecule has 2 aromatic rings. The minimum atomic E-state index is 0.0581. The number of methoxy groups -OCH3 is 2. The molecule has 21 heavy (non-hydrogen) atoms. The van der Waals surface area contributed by atoms with Crippen LogP contribution >= 0.6 is 15.9 Å². The van der Waals surface area contributed by atoms with Crippen LogP contribution in [0.4, 0.5) is 0 Å². The van der Waals surface area contributed by atoms with Crippen molar-refractivity contribution in [2.75, 3.05) is 21.3 Å². The summed E-state index contributed by atoms with van der Waals surface area (Å²) in [5, 5.41) is 3.35. The summed E-state index contributed by atoms with van der Waals surface area (Å²) in [6, 6.07) is 12.3. The summed E-state index contributed by atoms with van der Waals surface area (Å²) >= 11 is 3.60. The highest BCUT2D eigenvalue weighted by Crippen LogP contribution is 2.34. The molecule has 0 aliphatic heterocycles. The number of nitrogens with one attached hydrogen (secondary N) is 1. The molecule has 4 heteroatoms. The Morgan fingerprint density at radius 3 is 2.38 bits per heavy atom. The molecule has 112 valence electrons. The lowest BCUT2D eigenvalue weighted by Gasteiger charge is -2.21. The van der Waals surface area contributed by atoms with Gasteiger partial charge in [0.25, 0.3) is 0 Å². The average molecular weight is 350 g/mol. The Labute approximate surface area is 134 Å². The first kappa shape index (κ1) is 15.9. The van der Waals surface area contributed by atoms with Crippen LogP contribution in [0, 0.1) is 6.92 Å². The molecule has 0 spiro atoms. The van der Waals surface area contributed by atoms with Crippen molar-refractivity contribution in [3.63, 3.8) is 0 Å². The molecule has 2 rings (SSSR count). The zero-order valence-electron chi connectivity index (χ0n) is 12.7. The molecule has 0 heterocycles. The van der Waals surface area contributed by atoms with Crippen molar-refractivity contribution >= 4 is 15.9 Å². The number of benzene rings is 2. The van der Waals surface area contributed by atoms with Crippen LogP contribution in [0.3, 0.4) is 0 Å². The van der Waals surface area contributed by atoms with Crippen LogP contribution < -0.4 is 14.8 Å². The first-order valence-corrected chi connectivity index (χ1v) is 7.55. The van der Waals surface area contributed by atoms with Gasteiger partial charge in [0, 0.05) is 16.1 Å². The van der Waals surface area contributed by atoms with Crippen LogP contribution in [0.2, 0.25) is 0 Å². The first-order valence-electron chi connectivity index (χ1n) is 6.76. The molecule has 0 saturated heterocycles. The summed E-state index contributed by atoms with van der Waals surface area (Å²) in [6.45, 7) is 2.08. The van der Waals surface area contributed by atoms with Gasteiger partial charge in [-0.05, 0) is 43.3 Å². The highest BCUT2D eigenvalue weighted by Gasteiger charge is 2.17. The maximum Gasteiger partial charge on any atom is 0.127 e. The Kier molecular flexibility index (Phi) is 5.26. The largest absolute Gasteiger partial charge is 0.497 e. The molecule has 0 aromatic heterocycles. The third-order valence-electron chi connectivity index (χ3n) is 3.57. The Hall–Kier alpha value is -1.52. The summed E-state index contributed by atoms with van der Waals surface area (Å²) in [6.07, 6.45) is 0. The molecule has 0 saturated carbocycles. The van der Waals surface area contributed by atoms with Crippen molar-refractivity contribution in [2.45, 2.75) is 13.0 Å². The Morgan fingerprint density at radius 1 is 1.05 bits per heavy atom. The van der Waals surface area contributed by atoms with E-state index in [1.807, 2.05) is 25.2 Å². The zero-order chi connectivity index (χ0) is 15.4. The zero-order valence-corrected chi connectivity index (χ0v) is 14.3. The molecule has 1 N–H and O–H groups in total. The second-order valence-corrected chi connectivity index (χ2v) is 5.69. The third-order valence-corrected chi connectivity index (χ3v) is 4.42. The van der Waals surface area contributed by atoms with E-state index in [2.05, 4.69) is 46.4 Å². The van der Waals surface area contributed by atoms with Gasteiger partial charge in [0.1, 0.15) is 11.5 Å². The minimum absolute atomic E-state index is 0.0581. The lowest BCUT2D eigenvalue weighted by Crippen LogP contribution is -2.18. The first-order chi connectivity index (χ1) is 10.1. The minimum Gasteiger partial charge on any atom is -0.497 e. The smallest absolute Gasteiger partial charge is 0.127 e. The van der Waals surface area contributed by atoms with Gasteiger partial charge in [-0.3, -0.25) is 0 Å². The lowest BCUT2D eigenvalue weighted by atomic mass is 9.97. The number of hydrogen-bond acceptors (Lipinski definition) is 3. The maximum absolute atomic E-state index is 5.51. The van der Waals surface area contributed by atoms with E-state index in [4.69, 9.17) is 9.47 Å². The molecule has 1 atom stereocenters. The van der Waals surface area contributed by atoms with Crippen molar-refractivity contribution < 1.29 is 9.47 Å². The van der Waals surface area contributed by atoms with Gasteiger partial charge in [0.15, 0.2) is 0 Å². The van der Waals surface area contributed by atoms with E-state index in [1.165, 1.54) is 11.1 Å². The van der Waals surface area contributed by atoms with Crippen molar-refractivity contribution in [3.8, 4) is 11.5 Å². The standard InChI is InChI=1S/C17H20BrNO2/c1-11-5-6-12(9-15(11)18)17(19-2)14-8-7-13(20-3)10-16(14)21-4/h5-10,17,19H,1-4H3. The van der Waals surface area contributed by atoms with Gasteiger partial charge < -0.3 is 14.8 Å². The van der Waals surface area contributed by atoms with E-state index in [1.54, 1.807) is 14.2 Å². The van der Waals surface area contributed by atoms with Crippen LogP contribution in [0.25, 0.3) is 0 Å². The Balaban J connectivity index is 2.47. The second-order valence-electron chi connectivity index (χ2n) is 4.84. The molecule has 0 fully saturated rings. The number of ether oxygens (including phenoxy) is 2. The van der Waals surface area contributed by atoms with Crippen LogP contribution in [-0.4, -0.2) is 21.3 Å². The molecule has 2 aromatic carbocycles. The summed E-state index contributed by atoms with van der Waals surface area (Å²) < 4.78 is 11.9. The Bertz CT molecular complexity index is 628. The SMILES string of the molecule is CNC(c1ccc(C)c(Br)c1)c1ccc(OC)cc1OC. The van der Waals surface area contributed by atoms with E-state index in [9.17, 15) is 0 Å². The Morgan fingerprint density at radius 2 is 1.81 bits per heavy atom. The van der Waals surface area contributed by atoms with Gasteiger partial charge in [0.05, 0.1) is 20.3 Å². The van der Waals surface area contributed by atoms with Crippen molar-refractivity contribution in [1.82, 2.24) is 5.32 Å². The topological polar surface area (TPSA) is 30.5 Å². The van der Waals surface area contributed by atoms with Gasteiger partial charge >= 0.3 is 0 Å². The number of rotatable bonds is 5. The summed E-state index contributed by atoms with van der Waals surface area (Å²) in [4.78, 5) is 0. The fourth-order valence-corrected chi connectivity index (χ4v) is 2.74. The second kappa shape index (κ2) is 6.96. The van der Waals surface area contributed by atoms with Crippen molar-refractivity contribution in [2.24, 2.45) is 0 Å². The van der Waals surface area contributed by atoms with Crippen LogP contribution in [-0.2, 0) is 0 Å². The van der Waals surface area contributed by atoms with Crippen molar-refractivity contribution in [1.29, 1.82) is 0 Å². The number of hydrogen-bond donors (Lipinski definition) is 1. The molecule has 3 nitrogen and oxygen atoms in total. The molecule has 1 unspecified atom stereocenters. The van der Waals surface area contributed by atoms with Crippen LogP contribution in [0.15, 0.2) is 40.9 Å². The monoisotopic (exact) mass is 349 g/mol. The molecular formula is C17H20BrNO2. The highest BCUT2D eigenvalue weighted by atomic mass is 79.9. The van der Waals surface area contributed by atoms with Gasteiger partial charge in [-0.1, -0.05) is 28.1 Å². The molecule has 0 amide bonds. The summed E-state index contributed by atoms with van der Waals surface area (Å²) in [7, 11) is 5.28. The summed E-state index contributed by atoms with van der Waals surface area (Å²) in [5.41, 5.74) is 3.48. The van der Waals surface area contributed by atoms with E-state index in [-0.39, 0.29) is 6.04 Å². The lowest BCUT2D eigenvalue weighted by molar-refractivity contribution is 0.388. The average Bonchev–Trinajstić information content (AvgIpc) is 2.51. The molecule has 0 radical (unpaired) electrons. The fraction of sp³-hybridized carbons (Fsp3) is 0.294. The van der Waals surface area contributed by atoms with Gasteiger partial charge in [-0.2, -0.15) is 0 Å².